The van der Waals surface area contributed by atoms with Crippen molar-refractivity contribution in [3.63, 3.8) is 0 Å². The molecular weight excluding hydrogens is 361 g/mol. The molecule has 0 saturated heterocycles. The van der Waals surface area contributed by atoms with E-state index in [1.807, 2.05) is 24.3 Å². The van der Waals surface area contributed by atoms with Gasteiger partial charge in [-0.3, -0.25) is 4.79 Å². The average molecular weight is 370 g/mol. The lowest BCUT2D eigenvalue weighted by molar-refractivity contribution is -0.136. The topological polar surface area (TPSA) is 50.2 Å². The van der Waals surface area contributed by atoms with E-state index in [1.54, 1.807) is 18.2 Å². The zero-order chi connectivity index (χ0) is 15.7. The second-order valence-corrected chi connectivity index (χ2v) is 7.68. The first kappa shape index (κ1) is 15.6. The van der Waals surface area contributed by atoms with Gasteiger partial charge < -0.3 is 5.11 Å². The highest BCUT2D eigenvalue weighted by atomic mass is 35.5. The number of carboxylic acids is 1. The number of thiazole rings is 1. The predicted octanol–water partition coefficient (Wildman–Crippen LogP) is 5.52. The minimum atomic E-state index is -0.964. The van der Waals surface area contributed by atoms with Gasteiger partial charge in [-0.05, 0) is 29.8 Å². The van der Waals surface area contributed by atoms with Gasteiger partial charge in [0.25, 0.3) is 0 Å². The van der Waals surface area contributed by atoms with E-state index in [-0.39, 0.29) is 0 Å². The summed E-state index contributed by atoms with van der Waals surface area (Å²) < 4.78 is 1.72. The molecule has 3 rings (SSSR count). The largest absolute Gasteiger partial charge is 0.480 e. The molecular formula is C15H9Cl2NO2S2. The van der Waals surface area contributed by atoms with E-state index in [2.05, 4.69) is 4.98 Å². The number of aliphatic carboxylic acids is 1. The van der Waals surface area contributed by atoms with Gasteiger partial charge in [-0.2, -0.15) is 0 Å². The molecule has 0 aliphatic heterocycles. The summed E-state index contributed by atoms with van der Waals surface area (Å²) in [6, 6.07) is 12.5. The molecule has 3 nitrogen and oxygen atoms in total. The monoisotopic (exact) mass is 369 g/mol. The number of halogens is 2. The van der Waals surface area contributed by atoms with Crippen LogP contribution in [0.1, 0.15) is 10.8 Å². The van der Waals surface area contributed by atoms with Crippen LogP contribution < -0.4 is 0 Å². The number of nitrogens with zero attached hydrogens (tertiary/aromatic N) is 1. The summed E-state index contributed by atoms with van der Waals surface area (Å²) in [5.41, 5.74) is 1.38. The minimum absolute atomic E-state index is 0.341. The predicted molar refractivity (Wildman–Crippen MR) is 92.3 cm³/mol. The van der Waals surface area contributed by atoms with E-state index in [1.165, 1.54) is 23.1 Å². The fourth-order valence-corrected chi connectivity index (χ4v) is 4.78. The van der Waals surface area contributed by atoms with Crippen molar-refractivity contribution in [3.05, 3.63) is 58.1 Å². The second-order valence-electron chi connectivity index (χ2n) is 4.45. The molecule has 0 aliphatic rings. The van der Waals surface area contributed by atoms with Gasteiger partial charge in [-0.1, -0.05) is 53.2 Å². The molecule has 1 aromatic heterocycles. The number of rotatable bonds is 4. The molecule has 0 aliphatic carbocycles. The summed E-state index contributed by atoms with van der Waals surface area (Å²) in [6.07, 6.45) is 0. The summed E-state index contributed by atoms with van der Waals surface area (Å²) in [5.74, 6) is -0.964. The van der Waals surface area contributed by atoms with Crippen molar-refractivity contribution in [2.75, 3.05) is 0 Å². The van der Waals surface area contributed by atoms with Crippen molar-refractivity contribution in [3.8, 4) is 0 Å². The summed E-state index contributed by atoms with van der Waals surface area (Å²) >= 11 is 14.6. The quantitative estimate of drug-likeness (QED) is 0.615. The number of fused-ring (bicyclic) bond motifs is 1. The highest BCUT2D eigenvalue weighted by Gasteiger charge is 2.25. The highest BCUT2D eigenvalue weighted by molar-refractivity contribution is 8.02. The summed E-state index contributed by atoms with van der Waals surface area (Å²) in [6.45, 7) is 0. The molecule has 0 fully saturated rings. The molecule has 1 unspecified atom stereocenters. The Bertz CT molecular complexity index is 817. The maximum atomic E-state index is 11.6. The zero-order valence-corrected chi connectivity index (χ0v) is 14.1. The number of benzene rings is 2. The smallest absolute Gasteiger partial charge is 0.321 e. The third kappa shape index (κ3) is 3.22. The normalized spacial score (nSPS) is 12.5. The molecule has 0 bridgehead atoms. The van der Waals surface area contributed by atoms with Gasteiger partial charge in [-0.25, -0.2) is 4.98 Å². The first-order valence-electron chi connectivity index (χ1n) is 6.24. The van der Waals surface area contributed by atoms with Crippen LogP contribution in [0, 0.1) is 0 Å². The van der Waals surface area contributed by atoms with Crippen molar-refractivity contribution in [2.45, 2.75) is 9.59 Å². The molecule has 7 heteroatoms. The van der Waals surface area contributed by atoms with Crippen LogP contribution in [0.15, 0.2) is 46.8 Å². The Morgan fingerprint density at radius 1 is 1.23 bits per heavy atom. The molecule has 22 heavy (non-hydrogen) atoms. The fraction of sp³-hybridized carbons (Fsp3) is 0.0667. The molecule has 0 saturated carbocycles. The lowest BCUT2D eigenvalue weighted by Gasteiger charge is -2.12. The molecule has 2 aromatic carbocycles. The van der Waals surface area contributed by atoms with E-state index in [0.717, 1.165) is 10.2 Å². The molecule has 1 heterocycles. The second kappa shape index (κ2) is 6.46. The number of carbonyl (C=O) groups is 1. The number of carboxylic acid groups (broad SMARTS) is 1. The Morgan fingerprint density at radius 2 is 2.00 bits per heavy atom. The van der Waals surface area contributed by atoms with Crippen LogP contribution in [0.2, 0.25) is 10.0 Å². The van der Waals surface area contributed by atoms with Crippen LogP contribution in [0.25, 0.3) is 10.2 Å². The fourth-order valence-electron chi connectivity index (χ4n) is 1.96. The molecule has 0 radical (unpaired) electrons. The number of para-hydroxylation sites is 1. The highest BCUT2D eigenvalue weighted by Crippen LogP contribution is 2.41. The molecule has 0 amide bonds. The van der Waals surface area contributed by atoms with E-state index < -0.39 is 11.2 Å². The third-order valence-corrected chi connectivity index (χ3v) is 5.88. The van der Waals surface area contributed by atoms with Gasteiger partial charge in [0.2, 0.25) is 0 Å². The van der Waals surface area contributed by atoms with Gasteiger partial charge in [0.05, 0.1) is 10.2 Å². The van der Waals surface area contributed by atoms with E-state index in [9.17, 15) is 9.90 Å². The van der Waals surface area contributed by atoms with Gasteiger partial charge in [0.15, 0.2) is 4.34 Å². The zero-order valence-electron chi connectivity index (χ0n) is 11.0. The Kier molecular flexibility index (Phi) is 4.59. The average Bonchev–Trinajstić information content (AvgIpc) is 2.87. The van der Waals surface area contributed by atoms with Crippen molar-refractivity contribution in [1.29, 1.82) is 0 Å². The SMILES string of the molecule is O=C(O)C(Sc1nc2ccccc2s1)c1ccc(Cl)cc1Cl. The lowest BCUT2D eigenvalue weighted by Crippen LogP contribution is -2.08. The molecule has 1 atom stereocenters. The Labute approximate surface area is 144 Å². The summed E-state index contributed by atoms with van der Waals surface area (Å²) in [7, 11) is 0. The number of hydrogen-bond acceptors (Lipinski definition) is 4. The first-order chi connectivity index (χ1) is 10.5. The molecule has 3 aromatic rings. The number of hydrogen-bond donors (Lipinski definition) is 1. The number of aromatic nitrogens is 1. The third-order valence-electron chi connectivity index (χ3n) is 2.96. The Balaban J connectivity index is 1.96. The van der Waals surface area contributed by atoms with Gasteiger partial charge >= 0.3 is 5.97 Å². The van der Waals surface area contributed by atoms with E-state index in [0.29, 0.717) is 19.9 Å². The van der Waals surface area contributed by atoms with Crippen molar-refractivity contribution >= 4 is 62.5 Å². The van der Waals surface area contributed by atoms with E-state index in [4.69, 9.17) is 23.2 Å². The van der Waals surface area contributed by atoms with Crippen LogP contribution in [0.4, 0.5) is 0 Å². The van der Waals surface area contributed by atoms with Crippen molar-refractivity contribution < 1.29 is 9.90 Å². The van der Waals surface area contributed by atoms with Crippen molar-refractivity contribution in [2.24, 2.45) is 0 Å². The Morgan fingerprint density at radius 3 is 2.68 bits per heavy atom. The summed E-state index contributed by atoms with van der Waals surface area (Å²) in [5, 5.41) is 9.51. The van der Waals surface area contributed by atoms with Crippen LogP contribution in [0.5, 0.6) is 0 Å². The van der Waals surface area contributed by atoms with Gasteiger partial charge in [-0.15, -0.1) is 11.3 Å². The van der Waals surface area contributed by atoms with E-state index >= 15 is 0 Å². The minimum Gasteiger partial charge on any atom is -0.480 e. The summed E-state index contributed by atoms with van der Waals surface area (Å²) in [4.78, 5) is 16.1. The molecule has 112 valence electrons. The maximum absolute atomic E-state index is 11.6. The molecule has 1 N–H and O–H groups in total. The standard InChI is InChI=1S/C15H9Cl2NO2S2/c16-8-5-6-9(10(17)7-8)13(14(19)20)22-15-18-11-3-1-2-4-12(11)21-15/h1-7,13H,(H,19,20). The number of thioether (sulfide) groups is 1. The maximum Gasteiger partial charge on any atom is 0.321 e. The lowest BCUT2D eigenvalue weighted by atomic mass is 10.1. The first-order valence-corrected chi connectivity index (χ1v) is 8.70. The van der Waals surface area contributed by atoms with Crippen molar-refractivity contribution in [1.82, 2.24) is 4.98 Å². The van der Waals surface area contributed by atoms with Crippen LogP contribution in [-0.4, -0.2) is 16.1 Å². The van der Waals surface area contributed by atoms with Crippen LogP contribution >= 0.6 is 46.3 Å². The Hall–Kier alpha value is -1.27. The van der Waals surface area contributed by atoms with Gasteiger partial charge in [0, 0.05) is 10.0 Å². The van der Waals surface area contributed by atoms with Crippen LogP contribution in [-0.2, 0) is 4.79 Å². The van der Waals surface area contributed by atoms with Gasteiger partial charge in [0.1, 0.15) is 5.25 Å². The van der Waals surface area contributed by atoms with Crippen LogP contribution in [0.3, 0.4) is 0 Å². The molecule has 0 spiro atoms.